The number of thiazole rings is 1. The summed E-state index contributed by atoms with van der Waals surface area (Å²) in [5.41, 5.74) is 3.84. The highest BCUT2D eigenvalue weighted by atomic mass is 32.1. The average Bonchev–Trinajstić information content (AvgIpc) is 3.30. The first-order valence-corrected chi connectivity index (χ1v) is 11.2. The van der Waals surface area contributed by atoms with Gasteiger partial charge < -0.3 is 9.64 Å². The van der Waals surface area contributed by atoms with Gasteiger partial charge in [-0.3, -0.25) is 9.20 Å². The quantitative estimate of drug-likeness (QED) is 0.450. The summed E-state index contributed by atoms with van der Waals surface area (Å²) in [5, 5.41) is 0. The number of aromatic nitrogens is 2. The van der Waals surface area contributed by atoms with Gasteiger partial charge in [0.1, 0.15) is 5.75 Å². The van der Waals surface area contributed by atoms with Crippen LogP contribution in [-0.4, -0.2) is 40.4 Å². The summed E-state index contributed by atoms with van der Waals surface area (Å²) in [4.78, 5) is 20.8. The van der Waals surface area contributed by atoms with Gasteiger partial charge in [-0.05, 0) is 60.7 Å². The molecule has 3 heterocycles. The van der Waals surface area contributed by atoms with Crippen molar-refractivity contribution >= 4 is 32.4 Å². The third-order valence-corrected chi connectivity index (χ3v) is 6.90. The summed E-state index contributed by atoms with van der Waals surface area (Å²) >= 11 is 1.62. The first-order chi connectivity index (χ1) is 14.5. The monoisotopic (exact) mass is 419 g/mol. The maximum absolute atomic E-state index is 13.1. The summed E-state index contributed by atoms with van der Waals surface area (Å²) < 4.78 is 8.43. The summed E-state index contributed by atoms with van der Waals surface area (Å²) in [5.74, 6) is 2.09. The Bertz CT molecular complexity index is 1210. The third-order valence-electron chi connectivity index (χ3n) is 5.88. The number of imidazole rings is 1. The van der Waals surface area contributed by atoms with Crippen LogP contribution >= 0.6 is 11.3 Å². The first-order valence-electron chi connectivity index (χ1n) is 10.4. The molecule has 0 spiro atoms. The number of carbonyl (C=O) groups excluding carboxylic acids is 1. The molecule has 154 valence electrons. The lowest BCUT2D eigenvalue weighted by molar-refractivity contribution is 0.0623. The molecule has 30 heavy (non-hydrogen) atoms. The van der Waals surface area contributed by atoms with Gasteiger partial charge in [0, 0.05) is 30.4 Å². The topological polar surface area (TPSA) is 46.8 Å². The Kier molecular flexibility index (Phi) is 4.74. The van der Waals surface area contributed by atoms with Crippen LogP contribution < -0.4 is 4.74 Å². The molecule has 5 nitrogen and oxygen atoms in total. The number of amides is 1. The molecule has 0 unspecified atom stereocenters. The van der Waals surface area contributed by atoms with E-state index in [0.717, 1.165) is 50.8 Å². The SMILES string of the molecule is COc1ccc(-c2cn3c(n2)sc2cc(C(=O)N4C[C@H](C)C[C@H](C)C4)ccc23)cc1. The van der Waals surface area contributed by atoms with E-state index in [1.807, 2.05) is 47.4 Å². The van der Waals surface area contributed by atoms with Gasteiger partial charge in [0.05, 0.1) is 23.0 Å². The van der Waals surface area contributed by atoms with E-state index in [2.05, 4.69) is 24.4 Å². The Hall–Kier alpha value is -2.86. The zero-order valence-electron chi connectivity index (χ0n) is 17.5. The van der Waals surface area contributed by atoms with Gasteiger partial charge in [0.25, 0.3) is 5.91 Å². The van der Waals surface area contributed by atoms with E-state index in [9.17, 15) is 4.79 Å². The fraction of sp³-hybridized carbons (Fsp3) is 0.333. The molecule has 6 heteroatoms. The van der Waals surface area contributed by atoms with Crippen molar-refractivity contribution in [1.82, 2.24) is 14.3 Å². The van der Waals surface area contributed by atoms with Gasteiger partial charge in [0.2, 0.25) is 0 Å². The summed E-state index contributed by atoms with van der Waals surface area (Å²) in [6.07, 6.45) is 3.26. The number of methoxy groups -OCH3 is 1. The smallest absolute Gasteiger partial charge is 0.253 e. The normalized spacial score (nSPS) is 19.5. The predicted molar refractivity (Wildman–Crippen MR) is 121 cm³/mol. The Morgan fingerprint density at radius 3 is 2.53 bits per heavy atom. The van der Waals surface area contributed by atoms with Crippen LogP contribution in [0.15, 0.2) is 48.7 Å². The van der Waals surface area contributed by atoms with Crippen LogP contribution in [0.5, 0.6) is 5.75 Å². The summed E-state index contributed by atoms with van der Waals surface area (Å²) in [7, 11) is 1.67. The standard InChI is InChI=1S/C24H25N3O2S/c1-15-10-16(2)13-26(12-15)23(28)18-6-9-21-22(11-18)30-24-25-20(14-27(21)24)17-4-7-19(29-3)8-5-17/h4-9,11,14-16H,10,12-13H2,1-3H3/t15-,16+. The van der Waals surface area contributed by atoms with E-state index >= 15 is 0 Å². The van der Waals surface area contributed by atoms with Crippen molar-refractivity contribution in [3.63, 3.8) is 0 Å². The molecule has 2 aromatic heterocycles. The molecule has 2 aromatic carbocycles. The van der Waals surface area contributed by atoms with Gasteiger partial charge in [-0.25, -0.2) is 4.98 Å². The number of hydrogen-bond acceptors (Lipinski definition) is 4. The molecule has 4 aromatic rings. The van der Waals surface area contributed by atoms with E-state index in [1.165, 1.54) is 6.42 Å². The number of rotatable bonds is 3. The second kappa shape index (κ2) is 7.43. The second-order valence-corrected chi connectivity index (χ2v) is 9.46. The lowest BCUT2D eigenvalue weighted by Gasteiger charge is -2.35. The summed E-state index contributed by atoms with van der Waals surface area (Å²) in [6.45, 7) is 6.15. The van der Waals surface area contributed by atoms with E-state index in [0.29, 0.717) is 11.8 Å². The zero-order chi connectivity index (χ0) is 20.8. The van der Waals surface area contributed by atoms with Gasteiger partial charge in [0.15, 0.2) is 4.96 Å². The molecular formula is C24H25N3O2S. The van der Waals surface area contributed by atoms with E-state index < -0.39 is 0 Å². The lowest BCUT2D eigenvalue weighted by atomic mass is 9.91. The van der Waals surface area contributed by atoms with Crippen LogP contribution in [0, 0.1) is 11.8 Å². The van der Waals surface area contributed by atoms with Crippen molar-refractivity contribution in [1.29, 1.82) is 0 Å². The molecule has 0 bridgehead atoms. The first kappa shape index (κ1) is 19.1. The van der Waals surface area contributed by atoms with Crippen LogP contribution in [0.3, 0.4) is 0 Å². The van der Waals surface area contributed by atoms with Crippen molar-refractivity contribution in [2.45, 2.75) is 20.3 Å². The molecule has 0 radical (unpaired) electrons. The third kappa shape index (κ3) is 3.35. The molecule has 2 atom stereocenters. The minimum atomic E-state index is 0.139. The number of piperidine rings is 1. The van der Waals surface area contributed by atoms with Crippen LogP contribution in [0.4, 0.5) is 0 Å². The number of benzene rings is 2. The molecule has 5 rings (SSSR count). The highest BCUT2D eigenvalue weighted by Gasteiger charge is 2.26. The maximum atomic E-state index is 13.1. The molecule has 1 aliphatic heterocycles. The van der Waals surface area contributed by atoms with E-state index in [4.69, 9.17) is 9.72 Å². The molecule has 1 aliphatic rings. The number of fused-ring (bicyclic) bond motifs is 3. The van der Waals surface area contributed by atoms with Crippen LogP contribution in [0.25, 0.3) is 26.4 Å². The molecule has 0 saturated carbocycles. The lowest BCUT2D eigenvalue weighted by Crippen LogP contribution is -2.42. The fourth-order valence-electron chi connectivity index (χ4n) is 4.55. The predicted octanol–water partition coefficient (Wildman–Crippen LogP) is 5.34. The van der Waals surface area contributed by atoms with Crippen LogP contribution in [0.2, 0.25) is 0 Å². The maximum Gasteiger partial charge on any atom is 0.253 e. The Labute approximate surface area is 179 Å². The average molecular weight is 420 g/mol. The van der Waals surface area contributed by atoms with Crippen molar-refractivity contribution < 1.29 is 9.53 Å². The number of carbonyl (C=O) groups is 1. The molecule has 1 saturated heterocycles. The number of ether oxygens (including phenoxy) is 1. The Morgan fingerprint density at radius 2 is 1.83 bits per heavy atom. The molecule has 0 N–H and O–H groups in total. The van der Waals surface area contributed by atoms with Crippen LogP contribution in [0.1, 0.15) is 30.6 Å². The van der Waals surface area contributed by atoms with Crippen molar-refractivity contribution in [2.75, 3.05) is 20.2 Å². The van der Waals surface area contributed by atoms with Crippen LogP contribution in [-0.2, 0) is 0 Å². The van der Waals surface area contributed by atoms with Gasteiger partial charge in [-0.2, -0.15) is 0 Å². The van der Waals surface area contributed by atoms with E-state index in [-0.39, 0.29) is 5.91 Å². The Balaban J connectivity index is 1.46. The highest BCUT2D eigenvalue weighted by Crippen LogP contribution is 2.31. The van der Waals surface area contributed by atoms with E-state index in [1.54, 1.807) is 18.4 Å². The molecule has 1 amide bonds. The van der Waals surface area contributed by atoms with Crippen molar-refractivity contribution in [3.05, 3.63) is 54.2 Å². The fourth-order valence-corrected chi connectivity index (χ4v) is 5.59. The highest BCUT2D eigenvalue weighted by molar-refractivity contribution is 7.23. The molecule has 1 fully saturated rings. The summed E-state index contributed by atoms with van der Waals surface area (Å²) in [6, 6.07) is 13.9. The Morgan fingerprint density at radius 1 is 1.10 bits per heavy atom. The number of likely N-dealkylation sites (tertiary alicyclic amines) is 1. The minimum absolute atomic E-state index is 0.139. The number of hydrogen-bond donors (Lipinski definition) is 0. The van der Waals surface area contributed by atoms with Gasteiger partial charge >= 0.3 is 0 Å². The molecule has 0 aliphatic carbocycles. The number of nitrogens with zero attached hydrogens (tertiary/aromatic N) is 3. The van der Waals surface area contributed by atoms with Gasteiger partial charge in [-0.1, -0.05) is 25.2 Å². The second-order valence-electron chi connectivity index (χ2n) is 8.45. The zero-order valence-corrected chi connectivity index (χ0v) is 18.3. The van der Waals surface area contributed by atoms with Gasteiger partial charge in [-0.15, -0.1) is 0 Å². The van der Waals surface area contributed by atoms with Crippen molar-refractivity contribution in [2.24, 2.45) is 11.8 Å². The van der Waals surface area contributed by atoms with Crippen molar-refractivity contribution in [3.8, 4) is 17.0 Å². The molecular weight excluding hydrogens is 394 g/mol. The largest absolute Gasteiger partial charge is 0.497 e. The minimum Gasteiger partial charge on any atom is -0.497 e.